The molecule has 9 nitrogen and oxygen atoms in total. The molecule has 0 spiro atoms. The van der Waals surface area contributed by atoms with Gasteiger partial charge in [-0.05, 0) is 19.3 Å². The first-order valence-electron chi connectivity index (χ1n) is 22.9. The molecule has 0 aromatic rings. The molecule has 0 aromatic heterocycles. The smallest absolute Gasteiger partial charge is 0.220 e. The van der Waals surface area contributed by atoms with Crippen LogP contribution < -0.4 is 5.32 Å². The summed E-state index contributed by atoms with van der Waals surface area (Å²) >= 11 is 0. The van der Waals surface area contributed by atoms with Gasteiger partial charge in [-0.25, -0.2) is 0 Å². The molecule has 9 heteroatoms. The van der Waals surface area contributed by atoms with E-state index in [1.165, 1.54) is 154 Å². The van der Waals surface area contributed by atoms with E-state index in [2.05, 4.69) is 19.2 Å². The molecule has 1 heterocycles. The van der Waals surface area contributed by atoms with Crippen LogP contribution in [0, 0.1) is 0 Å². The number of hydrogen-bond acceptors (Lipinski definition) is 8. The Kier molecular flexibility index (Phi) is 34.2. The maximum Gasteiger partial charge on any atom is 0.220 e. The van der Waals surface area contributed by atoms with Crippen LogP contribution in [0.25, 0.3) is 0 Å². The summed E-state index contributed by atoms with van der Waals surface area (Å²) in [6.45, 7) is 3.76. The molecule has 1 aliphatic rings. The highest BCUT2D eigenvalue weighted by molar-refractivity contribution is 5.76. The van der Waals surface area contributed by atoms with Crippen LogP contribution in [0.5, 0.6) is 0 Å². The lowest BCUT2D eigenvalue weighted by molar-refractivity contribution is -0.302. The largest absolute Gasteiger partial charge is 0.394 e. The summed E-state index contributed by atoms with van der Waals surface area (Å²) in [5, 5.41) is 54.0. The van der Waals surface area contributed by atoms with Crippen molar-refractivity contribution in [2.75, 3.05) is 13.2 Å². The summed E-state index contributed by atoms with van der Waals surface area (Å²) in [5.41, 5.74) is 0. The van der Waals surface area contributed by atoms with E-state index < -0.39 is 49.5 Å². The minimum atomic E-state index is -1.56. The summed E-state index contributed by atoms with van der Waals surface area (Å²) < 4.78 is 11.2. The topological polar surface area (TPSA) is 149 Å². The third-order valence-corrected chi connectivity index (χ3v) is 11.1. The van der Waals surface area contributed by atoms with Crippen LogP contribution in [0.4, 0.5) is 0 Å². The third kappa shape index (κ3) is 26.7. The molecule has 0 aliphatic carbocycles. The van der Waals surface area contributed by atoms with Gasteiger partial charge >= 0.3 is 0 Å². The molecule has 0 aromatic carbocycles. The van der Waals surface area contributed by atoms with Crippen molar-refractivity contribution in [3.63, 3.8) is 0 Å². The predicted molar refractivity (Wildman–Crippen MR) is 221 cm³/mol. The number of aliphatic hydroxyl groups excluding tert-OH is 5. The van der Waals surface area contributed by atoms with Gasteiger partial charge < -0.3 is 40.3 Å². The van der Waals surface area contributed by atoms with Crippen LogP contribution in [-0.4, -0.2) is 87.5 Å². The molecule has 1 saturated heterocycles. The number of hydrogen-bond donors (Lipinski definition) is 6. The Bertz CT molecular complexity index is 858. The molecule has 6 N–H and O–H groups in total. The van der Waals surface area contributed by atoms with Gasteiger partial charge in [0.1, 0.15) is 24.4 Å². The number of ether oxygens (including phenoxy) is 2. The molecular weight excluding hydrogens is 682 g/mol. The predicted octanol–water partition coefficient (Wildman–Crippen LogP) is 9.34. The number of rotatable bonds is 38. The zero-order valence-electron chi connectivity index (χ0n) is 35.0. The van der Waals surface area contributed by atoms with Crippen LogP contribution in [0.15, 0.2) is 12.2 Å². The van der Waals surface area contributed by atoms with Crippen molar-refractivity contribution in [3.05, 3.63) is 12.2 Å². The molecule has 1 fully saturated rings. The normalized spacial score (nSPS) is 21.5. The van der Waals surface area contributed by atoms with Crippen LogP contribution >= 0.6 is 0 Å². The lowest BCUT2D eigenvalue weighted by Gasteiger charge is -2.40. The Morgan fingerprint density at radius 3 is 1.44 bits per heavy atom. The van der Waals surface area contributed by atoms with Gasteiger partial charge in [0, 0.05) is 6.42 Å². The number of nitrogens with one attached hydrogen (secondary N) is 1. The summed E-state index contributed by atoms with van der Waals surface area (Å²) in [5.74, 6) is -0.175. The zero-order chi connectivity index (χ0) is 39.5. The van der Waals surface area contributed by atoms with Crippen molar-refractivity contribution in [2.45, 2.75) is 256 Å². The van der Waals surface area contributed by atoms with Crippen LogP contribution in [0.1, 0.15) is 213 Å². The van der Waals surface area contributed by atoms with E-state index in [1.807, 2.05) is 6.08 Å². The van der Waals surface area contributed by atoms with Crippen molar-refractivity contribution in [3.8, 4) is 0 Å². The monoisotopic (exact) mass is 770 g/mol. The number of amides is 1. The summed E-state index contributed by atoms with van der Waals surface area (Å²) in [6, 6.07) is -0.797. The van der Waals surface area contributed by atoms with Gasteiger partial charge in [0.15, 0.2) is 6.29 Å². The molecule has 320 valence electrons. The fourth-order valence-electron chi connectivity index (χ4n) is 7.39. The third-order valence-electron chi connectivity index (χ3n) is 11.1. The van der Waals surface area contributed by atoms with Gasteiger partial charge in [-0.15, -0.1) is 0 Å². The van der Waals surface area contributed by atoms with Crippen molar-refractivity contribution in [2.24, 2.45) is 0 Å². The van der Waals surface area contributed by atoms with E-state index in [9.17, 15) is 30.3 Å². The molecular formula is C45H87NO8. The second-order valence-electron chi connectivity index (χ2n) is 16.2. The lowest BCUT2D eigenvalue weighted by Crippen LogP contribution is -2.60. The second-order valence-corrected chi connectivity index (χ2v) is 16.2. The molecule has 1 aliphatic heterocycles. The fourth-order valence-corrected chi connectivity index (χ4v) is 7.39. The molecule has 1 rings (SSSR count). The molecule has 1 amide bonds. The minimum absolute atomic E-state index is 0.175. The molecule has 7 atom stereocenters. The van der Waals surface area contributed by atoms with Crippen LogP contribution in [-0.2, 0) is 14.3 Å². The Morgan fingerprint density at radius 1 is 0.611 bits per heavy atom. The van der Waals surface area contributed by atoms with Crippen molar-refractivity contribution in [1.29, 1.82) is 0 Å². The SMILES string of the molecule is CCCCCCCCCC/C=C/C(O)C(COC1OC(CO)C(O)C(O)C1O)NC(=O)CCCCCCCCCCCCCCCCCCCCCCC. The highest BCUT2D eigenvalue weighted by Gasteiger charge is 2.44. The molecule has 54 heavy (non-hydrogen) atoms. The van der Waals surface area contributed by atoms with E-state index in [4.69, 9.17) is 9.47 Å². The maximum atomic E-state index is 12.9. The van der Waals surface area contributed by atoms with Gasteiger partial charge in [-0.3, -0.25) is 4.79 Å². The highest BCUT2D eigenvalue weighted by Crippen LogP contribution is 2.23. The van der Waals surface area contributed by atoms with Crippen LogP contribution in [0.3, 0.4) is 0 Å². The number of aliphatic hydroxyl groups is 5. The van der Waals surface area contributed by atoms with Crippen LogP contribution in [0.2, 0.25) is 0 Å². The summed E-state index contributed by atoms with van der Waals surface area (Å²) in [7, 11) is 0. The molecule has 0 saturated carbocycles. The Hall–Kier alpha value is -1.07. The maximum absolute atomic E-state index is 12.9. The minimum Gasteiger partial charge on any atom is -0.394 e. The van der Waals surface area contributed by atoms with Gasteiger partial charge in [0.05, 0.1) is 25.4 Å². The first-order chi connectivity index (χ1) is 26.3. The number of carbonyl (C=O) groups is 1. The summed E-state index contributed by atoms with van der Waals surface area (Å²) in [4.78, 5) is 12.9. The Balaban J connectivity index is 2.26. The van der Waals surface area contributed by atoms with E-state index >= 15 is 0 Å². The lowest BCUT2D eigenvalue weighted by atomic mass is 9.99. The molecule has 0 radical (unpaired) electrons. The van der Waals surface area contributed by atoms with Gasteiger partial charge in [-0.1, -0.05) is 199 Å². The first kappa shape index (κ1) is 50.9. The van der Waals surface area contributed by atoms with E-state index in [0.29, 0.717) is 6.42 Å². The van der Waals surface area contributed by atoms with E-state index in [0.717, 1.165) is 38.5 Å². The zero-order valence-corrected chi connectivity index (χ0v) is 35.0. The second kappa shape index (κ2) is 36.3. The molecule has 0 bridgehead atoms. The highest BCUT2D eigenvalue weighted by atomic mass is 16.7. The Morgan fingerprint density at radius 2 is 1.02 bits per heavy atom. The average molecular weight is 770 g/mol. The fraction of sp³-hybridized carbons (Fsp3) is 0.933. The van der Waals surface area contributed by atoms with Gasteiger partial charge in [0.25, 0.3) is 0 Å². The van der Waals surface area contributed by atoms with E-state index in [1.54, 1.807) is 6.08 Å². The first-order valence-corrected chi connectivity index (χ1v) is 22.9. The van der Waals surface area contributed by atoms with Crippen molar-refractivity contribution in [1.82, 2.24) is 5.32 Å². The van der Waals surface area contributed by atoms with Crippen molar-refractivity contribution >= 4 is 5.91 Å². The average Bonchev–Trinajstić information content (AvgIpc) is 3.17. The number of unbranched alkanes of at least 4 members (excludes halogenated alkanes) is 28. The molecule has 7 unspecified atom stereocenters. The number of allylic oxidation sites excluding steroid dienone is 1. The number of carbonyl (C=O) groups excluding carboxylic acids is 1. The quantitative estimate of drug-likeness (QED) is 0.0269. The summed E-state index contributed by atoms with van der Waals surface area (Å²) in [6.07, 6.45) is 34.1. The standard InChI is InChI=1S/C45H87NO8/c1-3-5-7-9-11-13-15-16-17-18-19-20-21-22-23-24-25-27-29-31-33-35-41(49)46-38(37-53-45-44(52)43(51)42(50)40(36-47)54-45)39(48)34-32-30-28-26-14-12-10-8-6-4-2/h32,34,38-40,42-45,47-48,50-52H,3-31,33,35-37H2,1-2H3,(H,46,49)/b34-32+. The van der Waals surface area contributed by atoms with Gasteiger partial charge in [0.2, 0.25) is 5.91 Å². The van der Waals surface area contributed by atoms with Crippen molar-refractivity contribution < 1.29 is 39.8 Å². The van der Waals surface area contributed by atoms with Gasteiger partial charge in [-0.2, -0.15) is 0 Å². The Labute approximate surface area is 331 Å². The van der Waals surface area contributed by atoms with E-state index in [-0.39, 0.29) is 12.5 Å².